The molecule has 1 aliphatic rings. The average molecular weight is 454 g/mol. The number of piperazine rings is 1. The van der Waals surface area contributed by atoms with Crippen molar-refractivity contribution in [1.29, 1.82) is 0 Å². The molecule has 0 aliphatic carbocycles. The Labute approximate surface area is 193 Å². The van der Waals surface area contributed by atoms with E-state index in [1.807, 2.05) is 19.1 Å². The third-order valence-corrected chi connectivity index (χ3v) is 5.85. The second-order valence-electron chi connectivity index (χ2n) is 8.01. The van der Waals surface area contributed by atoms with Gasteiger partial charge >= 0.3 is 5.97 Å². The van der Waals surface area contributed by atoms with Crippen molar-refractivity contribution in [3.05, 3.63) is 41.4 Å². The van der Waals surface area contributed by atoms with E-state index >= 15 is 0 Å². The quantitative estimate of drug-likeness (QED) is 0.516. The number of fused-ring (bicyclic) bond motifs is 1. The van der Waals surface area contributed by atoms with E-state index in [1.54, 1.807) is 21.0 Å². The molecule has 1 aliphatic heterocycles. The molecule has 176 valence electrons. The predicted octanol–water partition coefficient (Wildman–Crippen LogP) is 3.26. The fourth-order valence-corrected chi connectivity index (χ4v) is 4.15. The van der Waals surface area contributed by atoms with Crippen molar-refractivity contribution in [1.82, 2.24) is 14.9 Å². The lowest BCUT2D eigenvalue weighted by molar-refractivity contribution is 0.0526. The van der Waals surface area contributed by atoms with Crippen molar-refractivity contribution in [3.63, 3.8) is 0 Å². The Hall–Kier alpha value is -3.33. The van der Waals surface area contributed by atoms with Gasteiger partial charge in [-0.3, -0.25) is 4.90 Å². The lowest BCUT2D eigenvalue weighted by atomic mass is 10.2. The Morgan fingerprint density at radius 2 is 1.85 bits per heavy atom. The van der Waals surface area contributed by atoms with Crippen LogP contribution in [0.3, 0.4) is 0 Å². The molecule has 0 atom stereocenters. The molecule has 4 rings (SSSR count). The number of carbonyl (C=O) groups excluding carboxylic acids is 1. The van der Waals surface area contributed by atoms with Gasteiger partial charge in [0.15, 0.2) is 0 Å². The van der Waals surface area contributed by atoms with Crippen molar-refractivity contribution < 1.29 is 18.7 Å². The molecule has 1 fully saturated rings. The molecule has 1 saturated heterocycles. The molecule has 0 radical (unpaired) electrons. The van der Waals surface area contributed by atoms with Gasteiger partial charge in [-0.25, -0.2) is 9.78 Å². The summed E-state index contributed by atoms with van der Waals surface area (Å²) in [7, 11) is 1.68. The Morgan fingerprint density at radius 3 is 2.52 bits per heavy atom. The summed E-state index contributed by atoms with van der Waals surface area (Å²) < 4.78 is 16.2. The van der Waals surface area contributed by atoms with Gasteiger partial charge in [0.1, 0.15) is 28.7 Å². The minimum atomic E-state index is -0.418. The maximum Gasteiger partial charge on any atom is 0.342 e. The topological polar surface area (TPSA) is 93.0 Å². The van der Waals surface area contributed by atoms with Gasteiger partial charge in [-0.15, -0.1) is 0 Å². The first kappa shape index (κ1) is 22.8. The van der Waals surface area contributed by atoms with Crippen molar-refractivity contribution in [2.45, 2.75) is 20.8 Å². The normalized spacial score (nSPS) is 14.5. The van der Waals surface area contributed by atoms with E-state index in [1.165, 1.54) is 5.69 Å². The fraction of sp³-hybridized carbons (Fsp3) is 0.458. The third-order valence-electron chi connectivity index (χ3n) is 5.85. The highest BCUT2D eigenvalue weighted by molar-refractivity contribution is 6.07. The smallest absolute Gasteiger partial charge is 0.342 e. The van der Waals surface area contributed by atoms with Gasteiger partial charge < -0.3 is 24.1 Å². The van der Waals surface area contributed by atoms with E-state index in [-0.39, 0.29) is 0 Å². The molecule has 0 amide bonds. The molecule has 2 aromatic heterocycles. The van der Waals surface area contributed by atoms with E-state index in [2.05, 4.69) is 37.2 Å². The van der Waals surface area contributed by atoms with Crippen molar-refractivity contribution in [2.75, 3.05) is 63.2 Å². The van der Waals surface area contributed by atoms with Gasteiger partial charge in [0, 0.05) is 45.0 Å². The number of aryl methyl sites for hydroxylation is 2. The van der Waals surface area contributed by atoms with Crippen LogP contribution in [0.1, 0.15) is 28.9 Å². The number of anilines is 2. The fourth-order valence-electron chi connectivity index (χ4n) is 4.15. The van der Waals surface area contributed by atoms with Crippen molar-refractivity contribution in [2.24, 2.45) is 0 Å². The Morgan fingerprint density at radius 1 is 1.12 bits per heavy atom. The van der Waals surface area contributed by atoms with Crippen LogP contribution in [0.4, 0.5) is 11.5 Å². The van der Waals surface area contributed by atoms with Crippen LogP contribution in [0.15, 0.2) is 28.7 Å². The van der Waals surface area contributed by atoms with Gasteiger partial charge in [0.05, 0.1) is 19.1 Å². The second kappa shape index (κ2) is 10.1. The van der Waals surface area contributed by atoms with Gasteiger partial charge in [0.2, 0.25) is 5.71 Å². The number of carbonyl (C=O) groups is 1. The number of hydrogen-bond acceptors (Lipinski definition) is 9. The molecule has 3 heterocycles. The Kier molecular flexibility index (Phi) is 6.98. The monoisotopic (exact) mass is 453 g/mol. The van der Waals surface area contributed by atoms with Gasteiger partial charge in [-0.1, -0.05) is 0 Å². The molecule has 1 aromatic carbocycles. The average Bonchev–Trinajstić information content (AvgIpc) is 3.15. The van der Waals surface area contributed by atoms with Crippen LogP contribution in [0, 0.1) is 13.8 Å². The number of aromatic nitrogens is 2. The van der Waals surface area contributed by atoms with Crippen LogP contribution in [-0.2, 0) is 4.74 Å². The zero-order valence-corrected chi connectivity index (χ0v) is 19.7. The molecule has 1 N–H and O–H groups in total. The van der Waals surface area contributed by atoms with Crippen LogP contribution < -0.4 is 15.0 Å². The zero-order chi connectivity index (χ0) is 23.4. The van der Waals surface area contributed by atoms with Crippen molar-refractivity contribution in [3.8, 4) is 5.75 Å². The molecule has 9 nitrogen and oxygen atoms in total. The summed E-state index contributed by atoms with van der Waals surface area (Å²) in [5.74, 6) is 2.13. The summed E-state index contributed by atoms with van der Waals surface area (Å²) in [6, 6.07) is 8.20. The number of esters is 1. The molecule has 9 heteroatoms. The summed E-state index contributed by atoms with van der Waals surface area (Å²) in [4.78, 5) is 26.2. The van der Waals surface area contributed by atoms with Crippen LogP contribution in [0.2, 0.25) is 0 Å². The highest BCUT2D eigenvalue weighted by Gasteiger charge is 2.24. The summed E-state index contributed by atoms with van der Waals surface area (Å²) in [5, 5.41) is 3.98. The maximum atomic E-state index is 12.5. The van der Waals surface area contributed by atoms with Crippen LogP contribution >= 0.6 is 0 Å². The van der Waals surface area contributed by atoms with Gasteiger partial charge in [-0.2, -0.15) is 4.98 Å². The van der Waals surface area contributed by atoms with Crippen molar-refractivity contribution >= 4 is 28.6 Å². The van der Waals surface area contributed by atoms with E-state index < -0.39 is 5.97 Å². The molecule has 0 saturated carbocycles. The van der Waals surface area contributed by atoms with Crippen LogP contribution in [0.5, 0.6) is 5.75 Å². The lowest BCUT2D eigenvalue weighted by Gasteiger charge is -2.36. The minimum absolute atomic E-state index is 0.295. The largest absolute Gasteiger partial charge is 0.497 e. The first-order valence-corrected chi connectivity index (χ1v) is 11.3. The SMILES string of the molecule is CCOC(=O)c1c(C)oc2nc(C)nc(NCCN3CCN(c4ccc(OC)cc4)CC3)c12. The van der Waals surface area contributed by atoms with E-state index in [4.69, 9.17) is 13.9 Å². The first-order valence-electron chi connectivity index (χ1n) is 11.3. The Bertz CT molecular complexity index is 1100. The number of methoxy groups -OCH3 is 1. The number of benzene rings is 1. The third kappa shape index (κ3) is 5.03. The lowest BCUT2D eigenvalue weighted by Crippen LogP contribution is -2.47. The predicted molar refractivity (Wildman–Crippen MR) is 127 cm³/mol. The number of hydrogen-bond donors (Lipinski definition) is 1. The number of furan rings is 1. The minimum Gasteiger partial charge on any atom is -0.497 e. The maximum absolute atomic E-state index is 12.5. The van der Waals surface area contributed by atoms with Crippen LogP contribution in [0.25, 0.3) is 11.1 Å². The molecule has 33 heavy (non-hydrogen) atoms. The molecule has 0 unspecified atom stereocenters. The number of nitrogens with one attached hydrogen (secondary N) is 1. The molecule has 0 spiro atoms. The van der Waals surface area contributed by atoms with Crippen LogP contribution in [-0.4, -0.2) is 73.8 Å². The van der Waals surface area contributed by atoms with E-state index in [0.717, 1.165) is 38.5 Å². The summed E-state index contributed by atoms with van der Waals surface area (Å²) >= 11 is 0. The highest BCUT2D eigenvalue weighted by Crippen LogP contribution is 2.30. The van der Waals surface area contributed by atoms with E-state index in [0.29, 0.717) is 47.2 Å². The van der Waals surface area contributed by atoms with E-state index in [9.17, 15) is 4.79 Å². The zero-order valence-electron chi connectivity index (χ0n) is 19.7. The van der Waals surface area contributed by atoms with Gasteiger partial charge in [0.25, 0.3) is 0 Å². The Balaban J connectivity index is 1.38. The molecule has 3 aromatic rings. The molecular formula is C24H31N5O4. The van der Waals surface area contributed by atoms with Gasteiger partial charge in [-0.05, 0) is 45.0 Å². The standard InChI is InChI=1S/C24H31N5O4/c1-5-32-24(30)20-16(2)33-23-21(20)22(26-17(3)27-23)25-10-11-28-12-14-29(15-13-28)18-6-8-19(31-4)9-7-18/h6-9H,5,10-15H2,1-4H3,(H,25,26,27). The summed E-state index contributed by atoms with van der Waals surface area (Å²) in [5.41, 5.74) is 2.01. The summed E-state index contributed by atoms with van der Waals surface area (Å²) in [6.45, 7) is 11.1. The molecular weight excluding hydrogens is 422 g/mol. The number of rotatable bonds is 8. The number of ether oxygens (including phenoxy) is 2. The molecule has 0 bridgehead atoms. The first-order chi connectivity index (χ1) is 16.0. The second-order valence-corrected chi connectivity index (χ2v) is 8.01. The summed E-state index contributed by atoms with van der Waals surface area (Å²) in [6.07, 6.45) is 0. The highest BCUT2D eigenvalue weighted by atomic mass is 16.5. The number of nitrogens with zero attached hydrogens (tertiary/aromatic N) is 4.